The summed E-state index contributed by atoms with van der Waals surface area (Å²) in [5.41, 5.74) is 3.10. The largest absolute Gasteiger partial charge is 0.361 e. The lowest BCUT2D eigenvalue weighted by atomic mass is 10.2. The molecule has 0 radical (unpaired) electrons. The van der Waals surface area contributed by atoms with Gasteiger partial charge >= 0.3 is 0 Å². The van der Waals surface area contributed by atoms with Crippen LogP contribution in [0.5, 0.6) is 0 Å². The second-order valence-electron chi connectivity index (χ2n) is 7.53. The van der Waals surface area contributed by atoms with E-state index in [-0.39, 0.29) is 5.82 Å². The van der Waals surface area contributed by atoms with Crippen molar-refractivity contribution in [1.29, 1.82) is 0 Å². The van der Waals surface area contributed by atoms with E-state index in [4.69, 9.17) is 9.62 Å². The Balaban J connectivity index is 1.35. The molecule has 0 atom stereocenters. The molecule has 1 aliphatic rings. The Morgan fingerprint density at radius 3 is 2.53 bits per heavy atom. The molecule has 5 rings (SSSR count). The number of aromatic nitrogens is 5. The molecule has 1 saturated heterocycles. The second-order valence-corrected chi connectivity index (χ2v) is 7.53. The maximum atomic E-state index is 14.3. The van der Waals surface area contributed by atoms with Crippen molar-refractivity contribution < 1.29 is 8.91 Å². The number of fused-ring (bicyclic) bond motifs is 1. The highest BCUT2D eigenvalue weighted by atomic mass is 19.1. The fourth-order valence-electron chi connectivity index (χ4n) is 3.84. The summed E-state index contributed by atoms with van der Waals surface area (Å²) in [5, 5.41) is 17.0. The molecule has 1 aromatic carbocycles. The third-order valence-electron chi connectivity index (χ3n) is 5.62. The minimum absolute atomic E-state index is 0.341. The van der Waals surface area contributed by atoms with Crippen LogP contribution in [0, 0.1) is 19.7 Å². The first-order chi connectivity index (χ1) is 14.6. The highest BCUT2D eigenvalue weighted by Crippen LogP contribution is 2.23. The van der Waals surface area contributed by atoms with Gasteiger partial charge in [0.25, 0.3) is 0 Å². The van der Waals surface area contributed by atoms with Crippen LogP contribution in [0.2, 0.25) is 0 Å². The third-order valence-corrected chi connectivity index (χ3v) is 5.62. The van der Waals surface area contributed by atoms with E-state index in [1.54, 1.807) is 22.7 Å². The maximum Gasteiger partial charge on any atom is 0.188 e. The van der Waals surface area contributed by atoms with Crippen LogP contribution >= 0.6 is 0 Å². The van der Waals surface area contributed by atoms with Crippen molar-refractivity contribution in [1.82, 2.24) is 29.9 Å². The number of rotatable bonds is 4. The van der Waals surface area contributed by atoms with Gasteiger partial charge in [0.2, 0.25) is 0 Å². The summed E-state index contributed by atoms with van der Waals surface area (Å²) in [6, 6.07) is 10.4. The van der Waals surface area contributed by atoms with Crippen molar-refractivity contribution in [2.45, 2.75) is 20.4 Å². The zero-order valence-corrected chi connectivity index (χ0v) is 16.9. The lowest BCUT2D eigenvalue weighted by Crippen LogP contribution is -2.46. The molecule has 0 bridgehead atoms. The Bertz CT molecular complexity index is 1170. The standard InChI is InChI=1S/C21H22FN7O/c1-14-17(15(2)30-26-14)13-27-9-11-28(12-10-27)20-8-7-19-23-24-21(29(19)25-20)16-5-3-4-6-18(16)22/h3-8H,9-13H2,1-2H3. The van der Waals surface area contributed by atoms with Crippen LogP contribution in [-0.2, 0) is 6.54 Å². The van der Waals surface area contributed by atoms with Crippen LogP contribution in [0.15, 0.2) is 40.9 Å². The number of benzene rings is 1. The molecular formula is C21H22FN7O. The van der Waals surface area contributed by atoms with Crippen LogP contribution in [0.25, 0.3) is 17.0 Å². The summed E-state index contributed by atoms with van der Waals surface area (Å²) in [6.45, 7) is 8.28. The quantitative estimate of drug-likeness (QED) is 0.515. The number of hydrogen-bond donors (Lipinski definition) is 0. The summed E-state index contributed by atoms with van der Waals surface area (Å²) in [6.07, 6.45) is 0. The van der Waals surface area contributed by atoms with Crippen molar-refractivity contribution in [3.8, 4) is 11.4 Å². The van der Waals surface area contributed by atoms with Gasteiger partial charge in [0.1, 0.15) is 17.4 Å². The van der Waals surface area contributed by atoms with Crippen molar-refractivity contribution in [2.75, 3.05) is 31.1 Å². The smallest absolute Gasteiger partial charge is 0.188 e. The fourth-order valence-corrected chi connectivity index (χ4v) is 3.84. The van der Waals surface area contributed by atoms with E-state index in [0.29, 0.717) is 17.0 Å². The van der Waals surface area contributed by atoms with Crippen molar-refractivity contribution in [3.05, 3.63) is 59.2 Å². The van der Waals surface area contributed by atoms with Crippen molar-refractivity contribution in [3.63, 3.8) is 0 Å². The van der Waals surface area contributed by atoms with Crippen molar-refractivity contribution >= 4 is 11.5 Å². The first kappa shape index (κ1) is 18.7. The predicted octanol–water partition coefficient (Wildman–Crippen LogP) is 2.86. The van der Waals surface area contributed by atoms with E-state index in [1.165, 1.54) is 11.6 Å². The minimum Gasteiger partial charge on any atom is -0.361 e. The summed E-state index contributed by atoms with van der Waals surface area (Å²) in [7, 11) is 0. The number of aryl methyl sites for hydroxylation is 2. The van der Waals surface area contributed by atoms with Crippen LogP contribution in [0.4, 0.5) is 10.2 Å². The van der Waals surface area contributed by atoms with E-state index in [9.17, 15) is 4.39 Å². The Labute approximate surface area is 172 Å². The molecule has 0 unspecified atom stereocenters. The van der Waals surface area contributed by atoms with Crippen LogP contribution in [0.1, 0.15) is 17.0 Å². The summed E-state index contributed by atoms with van der Waals surface area (Å²) in [4.78, 5) is 4.62. The zero-order valence-electron chi connectivity index (χ0n) is 16.9. The van der Waals surface area contributed by atoms with Crippen LogP contribution < -0.4 is 4.90 Å². The van der Waals surface area contributed by atoms with Crippen molar-refractivity contribution in [2.24, 2.45) is 0 Å². The lowest BCUT2D eigenvalue weighted by Gasteiger charge is -2.35. The predicted molar refractivity (Wildman–Crippen MR) is 110 cm³/mol. The monoisotopic (exact) mass is 407 g/mol. The SMILES string of the molecule is Cc1noc(C)c1CN1CCN(c2ccc3nnc(-c4ccccc4F)n3n2)CC1. The molecule has 0 spiro atoms. The number of anilines is 1. The van der Waals surface area contributed by atoms with E-state index in [1.807, 2.05) is 26.0 Å². The van der Waals surface area contributed by atoms with Gasteiger partial charge in [-0.3, -0.25) is 4.90 Å². The Morgan fingerprint density at radius 2 is 1.80 bits per heavy atom. The summed E-state index contributed by atoms with van der Waals surface area (Å²) < 4.78 is 21.1. The molecule has 0 aliphatic carbocycles. The molecule has 0 N–H and O–H groups in total. The molecule has 30 heavy (non-hydrogen) atoms. The number of piperazine rings is 1. The number of halogens is 1. The van der Waals surface area contributed by atoms with Gasteiger partial charge in [-0.05, 0) is 38.1 Å². The minimum atomic E-state index is -0.341. The molecule has 3 aromatic heterocycles. The molecule has 154 valence electrons. The third kappa shape index (κ3) is 3.30. The van der Waals surface area contributed by atoms with Crippen LogP contribution in [-0.4, -0.2) is 56.0 Å². The highest BCUT2D eigenvalue weighted by Gasteiger charge is 2.22. The van der Waals surface area contributed by atoms with Gasteiger partial charge in [0.05, 0.1) is 11.3 Å². The van der Waals surface area contributed by atoms with Gasteiger partial charge in [-0.2, -0.15) is 4.52 Å². The van der Waals surface area contributed by atoms with E-state index >= 15 is 0 Å². The average Bonchev–Trinajstić information content (AvgIpc) is 3.32. The zero-order chi connectivity index (χ0) is 20.7. The van der Waals surface area contributed by atoms with Gasteiger partial charge < -0.3 is 9.42 Å². The Kier molecular flexibility index (Phi) is 4.66. The molecule has 8 nitrogen and oxygen atoms in total. The van der Waals surface area contributed by atoms with Gasteiger partial charge in [-0.1, -0.05) is 17.3 Å². The first-order valence-electron chi connectivity index (χ1n) is 9.96. The normalized spacial score (nSPS) is 15.2. The van der Waals surface area contributed by atoms with Gasteiger partial charge in [-0.25, -0.2) is 4.39 Å². The molecule has 0 amide bonds. The molecule has 9 heteroatoms. The average molecular weight is 407 g/mol. The molecule has 0 saturated carbocycles. The van der Waals surface area contributed by atoms with E-state index in [0.717, 1.165) is 50.0 Å². The topological polar surface area (TPSA) is 75.6 Å². The van der Waals surface area contributed by atoms with E-state index in [2.05, 4.69) is 25.2 Å². The van der Waals surface area contributed by atoms with Gasteiger partial charge in [-0.15, -0.1) is 15.3 Å². The van der Waals surface area contributed by atoms with Crippen LogP contribution in [0.3, 0.4) is 0 Å². The lowest BCUT2D eigenvalue weighted by molar-refractivity contribution is 0.247. The molecular weight excluding hydrogens is 385 g/mol. The molecule has 1 fully saturated rings. The summed E-state index contributed by atoms with van der Waals surface area (Å²) in [5.74, 6) is 1.78. The Hall–Kier alpha value is -3.33. The van der Waals surface area contributed by atoms with E-state index < -0.39 is 0 Å². The molecule has 1 aliphatic heterocycles. The van der Waals surface area contributed by atoms with Gasteiger partial charge in [0.15, 0.2) is 11.5 Å². The fraction of sp³-hybridized carbons (Fsp3) is 0.333. The summed E-state index contributed by atoms with van der Waals surface area (Å²) >= 11 is 0. The highest BCUT2D eigenvalue weighted by molar-refractivity contribution is 5.60. The number of nitrogens with zero attached hydrogens (tertiary/aromatic N) is 7. The molecule has 4 aromatic rings. The van der Waals surface area contributed by atoms with Gasteiger partial charge in [0, 0.05) is 38.3 Å². The Morgan fingerprint density at radius 1 is 1.00 bits per heavy atom. The second kappa shape index (κ2) is 7.49. The number of hydrogen-bond acceptors (Lipinski definition) is 7. The maximum absolute atomic E-state index is 14.3. The molecule has 4 heterocycles. The first-order valence-corrected chi connectivity index (χ1v) is 9.96.